The molecule has 0 fully saturated rings. The Balaban J connectivity index is 3.15. The lowest BCUT2D eigenvalue weighted by molar-refractivity contribution is -0.104. The van der Waals surface area contributed by atoms with Gasteiger partial charge in [0.05, 0.1) is 5.02 Å². The number of allylic oxidation sites excluding steroid dienone is 1. The van der Waals surface area contributed by atoms with E-state index in [0.29, 0.717) is 10.9 Å². The van der Waals surface area contributed by atoms with E-state index in [9.17, 15) is 4.79 Å². The van der Waals surface area contributed by atoms with E-state index in [4.69, 9.17) is 23.2 Å². The van der Waals surface area contributed by atoms with Gasteiger partial charge in [-0.25, -0.2) is 0 Å². The van der Waals surface area contributed by atoms with E-state index >= 15 is 0 Å². The van der Waals surface area contributed by atoms with Crippen LogP contribution in [0.3, 0.4) is 0 Å². The summed E-state index contributed by atoms with van der Waals surface area (Å²) in [5.74, 6) is 0.543. The molecule has 0 bridgehead atoms. The first-order valence-electron chi connectivity index (χ1n) is 4.66. The van der Waals surface area contributed by atoms with E-state index in [1.165, 1.54) is 6.08 Å². The van der Waals surface area contributed by atoms with Gasteiger partial charge in [0.2, 0.25) is 0 Å². The molecule has 0 heterocycles. The third-order valence-corrected chi connectivity index (χ3v) is 2.84. The topological polar surface area (TPSA) is 17.1 Å². The Kier molecular flexibility index (Phi) is 4.86. The van der Waals surface area contributed by atoms with Gasteiger partial charge in [-0.1, -0.05) is 29.8 Å². The van der Waals surface area contributed by atoms with Crippen molar-refractivity contribution in [2.24, 2.45) is 0 Å². The monoisotopic (exact) mass is 242 g/mol. The second kappa shape index (κ2) is 5.94. The number of hydrogen-bond donors (Lipinski definition) is 0. The van der Waals surface area contributed by atoms with Crippen LogP contribution >= 0.6 is 23.2 Å². The lowest BCUT2D eigenvalue weighted by Gasteiger charge is -2.09. The summed E-state index contributed by atoms with van der Waals surface area (Å²) in [6, 6.07) is 3.88. The Hall–Kier alpha value is -0.790. The molecule has 0 aromatic heterocycles. The first-order valence-corrected chi connectivity index (χ1v) is 5.57. The van der Waals surface area contributed by atoms with Crippen LogP contribution in [0.2, 0.25) is 5.02 Å². The molecule has 0 aliphatic rings. The van der Waals surface area contributed by atoms with Gasteiger partial charge in [0.25, 0.3) is 0 Å². The van der Waals surface area contributed by atoms with Gasteiger partial charge in [0.15, 0.2) is 0 Å². The molecule has 0 unspecified atom stereocenters. The molecule has 0 radical (unpaired) electrons. The molecule has 15 heavy (non-hydrogen) atoms. The number of rotatable bonds is 4. The highest BCUT2D eigenvalue weighted by Crippen LogP contribution is 2.26. The summed E-state index contributed by atoms with van der Waals surface area (Å²) in [6.07, 6.45) is 4.61. The summed E-state index contributed by atoms with van der Waals surface area (Å²) in [5, 5.41) is 0.689. The molecule has 0 aliphatic carbocycles. The van der Waals surface area contributed by atoms with E-state index in [0.717, 1.165) is 29.4 Å². The lowest BCUT2D eigenvalue weighted by atomic mass is 10.0. The van der Waals surface area contributed by atoms with Gasteiger partial charge in [-0.15, -0.1) is 11.6 Å². The molecule has 0 aliphatic heterocycles. The molecule has 0 saturated carbocycles. The summed E-state index contributed by atoms with van der Waals surface area (Å²) >= 11 is 11.9. The van der Waals surface area contributed by atoms with Crippen molar-refractivity contribution in [2.75, 3.05) is 5.88 Å². The second-order valence-corrected chi connectivity index (χ2v) is 3.95. The minimum Gasteiger partial charge on any atom is -0.299 e. The Labute approximate surface area is 99.7 Å². The lowest BCUT2D eigenvalue weighted by Crippen LogP contribution is -1.94. The number of carbonyl (C=O) groups is 1. The SMILES string of the molecule is Cc1ccc(/C=C/C=O)c(Cl)c1CCCl. The minimum absolute atomic E-state index is 0.543. The molecule has 80 valence electrons. The molecule has 0 spiro atoms. The zero-order chi connectivity index (χ0) is 11.3. The number of hydrogen-bond acceptors (Lipinski definition) is 1. The van der Waals surface area contributed by atoms with Gasteiger partial charge in [-0.3, -0.25) is 4.79 Å². The van der Waals surface area contributed by atoms with Crippen LogP contribution in [0.25, 0.3) is 6.08 Å². The molecule has 0 N–H and O–H groups in total. The third kappa shape index (κ3) is 3.08. The molecule has 0 saturated heterocycles. The molecule has 3 heteroatoms. The van der Waals surface area contributed by atoms with Gasteiger partial charge in [-0.05, 0) is 36.1 Å². The number of alkyl halides is 1. The number of aryl methyl sites for hydroxylation is 1. The summed E-state index contributed by atoms with van der Waals surface area (Å²) in [4.78, 5) is 10.2. The maximum atomic E-state index is 10.2. The van der Waals surface area contributed by atoms with E-state index in [2.05, 4.69) is 0 Å². The second-order valence-electron chi connectivity index (χ2n) is 3.20. The Morgan fingerprint density at radius 1 is 1.40 bits per heavy atom. The van der Waals surface area contributed by atoms with Crippen LogP contribution in [0.5, 0.6) is 0 Å². The van der Waals surface area contributed by atoms with Gasteiger partial charge in [0, 0.05) is 5.88 Å². The smallest absolute Gasteiger partial charge is 0.142 e. The highest BCUT2D eigenvalue weighted by molar-refractivity contribution is 6.33. The maximum absolute atomic E-state index is 10.2. The van der Waals surface area contributed by atoms with Crippen LogP contribution < -0.4 is 0 Å². The van der Waals surface area contributed by atoms with Crippen molar-refractivity contribution in [3.63, 3.8) is 0 Å². The van der Waals surface area contributed by atoms with Crippen LogP contribution in [-0.2, 0) is 11.2 Å². The van der Waals surface area contributed by atoms with E-state index in [-0.39, 0.29) is 0 Å². The first-order chi connectivity index (χ1) is 7.20. The number of halogens is 2. The Morgan fingerprint density at radius 2 is 2.13 bits per heavy atom. The number of benzene rings is 1. The largest absolute Gasteiger partial charge is 0.299 e. The fourth-order valence-electron chi connectivity index (χ4n) is 1.41. The highest BCUT2D eigenvalue weighted by Gasteiger charge is 2.06. The summed E-state index contributed by atoms with van der Waals surface area (Å²) in [6.45, 7) is 2.00. The molecule has 1 nitrogen and oxygen atoms in total. The van der Waals surface area contributed by atoms with Gasteiger partial charge >= 0.3 is 0 Å². The Bertz CT molecular complexity index is 383. The van der Waals surface area contributed by atoms with Gasteiger partial charge < -0.3 is 0 Å². The molecular formula is C12H12Cl2O. The van der Waals surface area contributed by atoms with Gasteiger partial charge in [0.1, 0.15) is 6.29 Å². The standard InChI is InChI=1S/C12H12Cl2O/c1-9-4-5-10(3-2-8-15)12(14)11(9)6-7-13/h2-5,8H,6-7H2,1H3/b3-2+. The predicted octanol–water partition coefficient (Wildman–Crippen LogP) is 3.64. The molecule has 1 rings (SSSR count). The molecule has 1 aromatic rings. The van der Waals surface area contributed by atoms with Crippen molar-refractivity contribution in [3.8, 4) is 0 Å². The van der Waals surface area contributed by atoms with Crippen molar-refractivity contribution < 1.29 is 4.79 Å². The van der Waals surface area contributed by atoms with Gasteiger partial charge in [-0.2, -0.15) is 0 Å². The molecule has 0 amide bonds. The average Bonchev–Trinajstić information content (AvgIpc) is 2.23. The Morgan fingerprint density at radius 3 is 2.73 bits per heavy atom. The molecular weight excluding hydrogens is 231 g/mol. The maximum Gasteiger partial charge on any atom is 0.142 e. The van der Waals surface area contributed by atoms with Crippen molar-refractivity contribution in [2.45, 2.75) is 13.3 Å². The summed E-state index contributed by atoms with van der Waals surface area (Å²) in [7, 11) is 0. The zero-order valence-corrected chi connectivity index (χ0v) is 9.98. The quantitative estimate of drug-likeness (QED) is 0.448. The fourth-order valence-corrected chi connectivity index (χ4v) is 1.97. The van der Waals surface area contributed by atoms with Crippen LogP contribution in [0.1, 0.15) is 16.7 Å². The van der Waals surface area contributed by atoms with Crippen LogP contribution in [0.4, 0.5) is 0 Å². The van der Waals surface area contributed by atoms with Crippen molar-refractivity contribution in [1.29, 1.82) is 0 Å². The van der Waals surface area contributed by atoms with E-state index in [1.807, 2.05) is 19.1 Å². The molecule has 0 atom stereocenters. The number of carbonyl (C=O) groups excluding carboxylic acids is 1. The van der Waals surface area contributed by atoms with Crippen LogP contribution in [0.15, 0.2) is 18.2 Å². The molecule has 1 aromatic carbocycles. The van der Waals surface area contributed by atoms with Crippen LogP contribution in [0, 0.1) is 6.92 Å². The summed E-state index contributed by atoms with van der Waals surface area (Å²) in [5.41, 5.74) is 3.04. The highest BCUT2D eigenvalue weighted by atomic mass is 35.5. The summed E-state index contributed by atoms with van der Waals surface area (Å²) < 4.78 is 0. The third-order valence-electron chi connectivity index (χ3n) is 2.21. The fraction of sp³-hybridized carbons (Fsp3) is 0.250. The minimum atomic E-state index is 0.543. The average molecular weight is 243 g/mol. The predicted molar refractivity (Wildman–Crippen MR) is 65.7 cm³/mol. The van der Waals surface area contributed by atoms with E-state index in [1.54, 1.807) is 6.08 Å². The van der Waals surface area contributed by atoms with E-state index < -0.39 is 0 Å². The first kappa shape index (κ1) is 12.3. The van der Waals surface area contributed by atoms with Crippen molar-refractivity contribution in [3.05, 3.63) is 39.9 Å². The van der Waals surface area contributed by atoms with Crippen molar-refractivity contribution in [1.82, 2.24) is 0 Å². The zero-order valence-electron chi connectivity index (χ0n) is 8.47. The van der Waals surface area contributed by atoms with Crippen molar-refractivity contribution >= 4 is 35.6 Å². The van der Waals surface area contributed by atoms with Crippen LogP contribution in [-0.4, -0.2) is 12.2 Å². The number of aldehydes is 1. The normalized spacial score (nSPS) is 10.9.